The third kappa shape index (κ3) is 3.64. The van der Waals surface area contributed by atoms with Gasteiger partial charge in [-0.25, -0.2) is 8.78 Å². The molecule has 2 aromatic rings. The number of nitrogens with two attached hydrogens (primary N) is 1. The molecule has 9 heteroatoms. The fourth-order valence-corrected chi connectivity index (χ4v) is 3.54. The minimum atomic E-state index is -3.03. The number of pyridine rings is 1. The summed E-state index contributed by atoms with van der Waals surface area (Å²) in [6.07, 6.45) is 1.12. The Kier molecular flexibility index (Phi) is 5.01. The van der Waals surface area contributed by atoms with Gasteiger partial charge in [0.25, 0.3) is 11.8 Å². The topological polar surface area (TPSA) is 103 Å². The molecule has 1 fully saturated rings. The summed E-state index contributed by atoms with van der Waals surface area (Å²) in [5, 5.41) is 10.8. The van der Waals surface area contributed by atoms with Crippen LogP contribution in [0, 0.1) is 5.41 Å². The van der Waals surface area contributed by atoms with Crippen molar-refractivity contribution in [2.75, 3.05) is 18.8 Å². The average Bonchev–Trinajstić information content (AvgIpc) is 2.96. The van der Waals surface area contributed by atoms with Crippen LogP contribution in [0.25, 0.3) is 10.9 Å². The Morgan fingerprint density at radius 1 is 1.39 bits per heavy atom. The minimum Gasteiger partial charge on any atom is -0.393 e. The molecule has 0 spiro atoms. The zero-order valence-electron chi connectivity index (χ0n) is 15.6. The summed E-state index contributed by atoms with van der Waals surface area (Å²) in [5.74, 6) is -4.18. The van der Waals surface area contributed by atoms with E-state index in [1.165, 1.54) is 6.92 Å². The number of anilines is 1. The fourth-order valence-electron chi connectivity index (χ4n) is 3.54. The summed E-state index contributed by atoms with van der Waals surface area (Å²) in [6, 6.07) is 5.86. The Hall–Kier alpha value is -3.10. The van der Waals surface area contributed by atoms with Gasteiger partial charge in [0.1, 0.15) is 12.7 Å². The molecule has 0 aliphatic carbocycles. The summed E-state index contributed by atoms with van der Waals surface area (Å²) in [7, 11) is 1.80. The van der Waals surface area contributed by atoms with Crippen LogP contribution in [0.5, 0.6) is 0 Å². The first-order valence-electron chi connectivity index (χ1n) is 8.78. The predicted molar refractivity (Wildman–Crippen MR) is 100 cm³/mol. The van der Waals surface area contributed by atoms with Crippen LogP contribution in [0.3, 0.4) is 0 Å². The first-order valence-corrected chi connectivity index (χ1v) is 8.78. The molecule has 1 saturated heterocycles. The zero-order valence-corrected chi connectivity index (χ0v) is 15.6. The van der Waals surface area contributed by atoms with Crippen molar-refractivity contribution < 1.29 is 22.9 Å². The summed E-state index contributed by atoms with van der Waals surface area (Å²) < 4.78 is 29.2. The number of aromatic nitrogens is 1. The first-order chi connectivity index (χ1) is 13.1. The number of nitrogens with one attached hydrogen (secondary N) is 2. The van der Waals surface area contributed by atoms with Crippen molar-refractivity contribution in [1.82, 2.24) is 10.2 Å². The summed E-state index contributed by atoms with van der Waals surface area (Å²) >= 11 is 0. The second-order valence-corrected chi connectivity index (χ2v) is 7.05. The second kappa shape index (κ2) is 7.14. The molecule has 1 aromatic carbocycles. The van der Waals surface area contributed by atoms with Crippen LogP contribution in [0.15, 0.2) is 30.5 Å². The lowest BCUT2D eigenvalue weighted by molar-refractivity contribution is -0.644. The molecule has 1 aliphatic heterocycles. The van der Waals surface area contributed by atoms with Crippen LogP contribution in [0.2, 0.25) is 0 Å². The number of halogens is 2. The Morgan fingerprint density at radius 3 is 2.79 bits per heavy atom. The van der Waals surface area contributed by atoms with E-state index in [-0.39, 0.29) is 5.71 Å². The van der Waals surface area contributed by atoms with E-state index in [4.69, 9.17) is 11.1 Å². The predicted octanol–water partition coefficient (Wildman–Crippen LogP) is 1.25. The Balaban J connectivity index is 1.77. The highest BCUT2D eigenvalue weighted by Crippen LogP contribution is 2.32. The molecule has 0 unspecified atom stereocenters. The number of benzene rings is 1. The maximum atomic E-state index is 13.7. The number of nitrogen functional groups attached to an aromatic ring is 1. The van der Waals surface area contributed by atoms with Crippen molar-refractivity contribution in [1.29, 1.82) is 5.41 Å². The third-order valence-electron chi connectivity index (χ3n) is 4.91. The van der Waals surface area contributed by atoms with E-state index in [0.29, 0.717) is 22.2 Å². The standard InChI is InChI=1S/C19H21F2N5O2/c1-11(22)15-8-19(20,21)10-26(15)16(27)9-24-18(28)13-6-7-25(2)17-12(13)4-3-5-14(17)23/h3-7,15,22H,8-10H2,1-2H3,(H2-,23,24,28)/p+1/t15-/m0/s1. The number of carbonyl (C=O) groups is 2. The highest BCUT2D eigenvalue weighted by atomic mass is 19.3. The van der Waals surface area contributed by atoms with E-state index in [2.05, 4.69) is 5.32 Å². The quantitative estimate of drug-likeness (QED) is 0.416. The van der Waals surface area contributed by atoms with Gasteiger partial charge in [-0.2, -0.15) is 4.57 Å². The highest BCUT2D eigenvalue weighted by molar-refractivity contribution is 6.08. The van der Waals surface area contributed by atoms with Crippen molar-refractivity contribution >= 4 is 34.1 Å². The Morgan fingerprint density at radius 2 is 2.11 bits per heavy atom. The Labute approximate surface area is 160 Å². The van der Waals surface area contributed by atoms with E-state index in [1.807, 2.05) is 0 Å². The van der Waals surface area contributed by atoms with Gasteiger partial charge in [-0.15, -0.1) is 0 Å². The van der Waals surface area contributed by atoms with Gasteiger partial charge in [-0.3, -0.25) is 9.59 Å². The van der Waals surface area contributed by atoms with E-state index in [1.54, 1.807) is 42.1 Å². The van der Waals surface area contributed by atoms with E-state index in [9.17, 15) is 18.4 Å². The van der Waals surface area contributed by atoms with Crippen LogP contribution in [0.1, 0.15) is 23.7 Å². The molecule has 0 radical (unpaired) electrons. The van der Waals surface area contributed by atoms with Crippen LogP contribution in [-0.4, -0.2) is 47.5 Å². The fraction of sp³-hybridized carbons (Fsp3) is 0.368. The number of likely N-dealkylation sites (tertiary alicyclic amines) is 1. The number of nitrogens with zero attached hydrogens (tertiary/aromatic N) is 2. The highest BCUT2D eigenvalue weighted by Gasteiger charge is 2.47. The van der Waals surface area contributed by atoms with Gasteiger partial charge in [0, 0.05) is 18.2 Å². The Bertz CT molecular complexity index is 968. The second-order valence-electron chi connectivity index (χ2n) is 7.05. The van der Waals surface area contributed by atoms with Gasteiger partial charge in [-0.05, 0) is 19.1 Å². The molecule has 1 aromatic heterocycles. The molecule has 3 rings (SSSR count). The van der Waals surface area contributed by atoms with Gasteiger partial charge >= 0.3 is 0 Å². The third-order valence-corrected chi connectivity index (χ3v) is 4.91. The molecule has 1 atom stereocenters. The van der Waals surface area contributed by atoms with Crippen LogP contribution in [0.4, 0.5) is 14.5 Å². The maximum Gasteiger partial charge on any atom is 0.267 e. The van der Waals surface area contributed by atoms with Crippen molar-refractivity contribution in [3.63, 3.8) is 0 Å². The molecule has 1 aliphatic rings. The number of para-hydroxylation sites is 1. The smallest absolute Gasteiger partial charge is 0.267 e. The van der Waals surface area contributed by atoms with Crippen LogP contribution < -0.4 is 15.6 Å². The zero-order chi connectivity index (χ0) is 20.6. The van der Waals surface area contributed by atoms with Gasteiger partial charge in [0.05, 0.1) is 30.1 Å². The number of rotatable bonds is 4. The number of carbonyl (C=O) groups excluding carboxylic acids is 2. The van der Waals surface area contributed by atoms with E-state index < -0.39 is 43.3 Å². The summed E-state index contributed by atoms with van der Waals surface area (Å²) in [6.45, 7) is 0.220. The molecule has 7 nitrogen and oxygen atoms in total. The van der Waals surface area contributed by atoms with Gasteiger partial charge in [-0.1, -0.05) is 6.07 Å². The average molecular weight is 390 g/mol. The normalized spacial score (nSPS) is 18.3. The maximum absolute atomic E-state index is 13.7. The van der Waals surface area contributed by atoms with Crippen molar-refractivity contribution in [3.05, 3.63) is 36.0 Å². The number of hydrogen-bond donors (Lipinski definition) is 3. The SMILES string of the molecule is CC(=N)[C@@H]1CC(F)(F)CN1C(=O)CNC(=O)c1cc[n+](C)c2c(N)cccc12. The minimum absolute atomic E-state index is 0.00567. The monoisotopic (exact) mass is 390 g/mol. The molecular weight excluding hydrogens is 368 g/mol. The van der Waals surface area contributed by atoms with Crippen molar-refractivity contribution in [2.24, 2.45) is 7.05 Å². The molecular formula is C19H22F2N5O2+. The van der Waals surface area contributed by atoms with E-state index in [0.717, 1.165) is 4.90 Å². The number of aryl methyl sites for hydroxylation is 1. The summed E-state index contributed by atoms with van der Waals surface area (Å²) in [4.78, 5) is 26.0. The van der Waals surface area contributed by atoms with E-state index >= 15 is 0 Å². The number of hydrogen-bond acceptors (Lipinski definition) is 4. The van der Waals surface area contributed by atoms with Gasteiger partial charge in [0.2, 0.25) is 11.4 Å². The van der Waals surface area contributed by atoms with Gasteiger partial charge < -0.3 is 21.4 Å². The number of alkyl halides is 2. The molecule has 28 heavy (non-hydrogen) atoms. The summed E-state index contributed by atoms with van der Waals surface area (Å²) in [5.41, 5.74) is 7.51. The molecule has 2 heterocycles. The number of amides is 2. The largest absolute Gasteiger partial charge is 0.393 e. The van der Waals surface area contributed by atoms with Crippen LogP contribution >= 0.6 is 0 Å². The number of fused-ring (bicyclic) bond motifs is 1. The molecule has 0 saturated carbocycles. The molecule has 2 amide bonds. The molecule has 148 valence electrons. The van der Waals surface area contributed by atoms with Crippen molar-refractivity contribution in [3.8, 4) is 0 Å². The lowest BCUT2D eigenvalue weighted by Gasteiger charge is -2.23. The van der Waals surface area contributed by atoms with Crippen molar-refractivity contribution in [2.45, 2.75) is 25.3 Å². The molecule has 4 N–H and O–H groups in total. The van der Waals surface area contributed by atoms with Crippen LogP contribution in [-0.2, 0) is 11.8 Å². The molecule has 0 bridgehead atoms. The lowest BCUT2D eigenvalue weighted by atomic mass is 10.1. The first kappa shape index (κ1) is 19.7. The lowest BCUT2D eigenvalue weighted by Crippen LogP contribution is -2.45. The van der Waals surface area contributed by atoms with Gasteiger partial charge in [0.15, 0.2) is 6.20 Å².